The van der Waals surface area contributed by atoms with Gasteiger partial charge in [0.1, 0.15) is 11.6 Å². The van der Waals surface area contributed by atoms with Crippen molar-refractivity contribution in [2.45, 2.75) is 38.3 Å². The largest absolute Gasteiger partial charge is 0.365 e. The highest BCUT2D eigenvalue weighted by atomic mass is 19.1. The second-order valence-electron chi connectivity index (χ2n) is 7.84. The van der Waals surface area contributed by atoms with E-state index in [4.69, 9.17) is 0 Å². The van der Waals surface area contributed by atoms with Gasteiger partial charge >= 0.3 is 0 Å². The molecule has 1 atom stereocenters. The van der Waals surface area contributed by atoms with Crippen LogP contribution in [-0.4, -0.2) is 33.7 Å². The van der Waals surface area contributed by atoms with Crippen molar-refractivity contribution in [3.8, 4) is 0 Å². The summed E-state index contributed by atoms with van der Waals surface area (Å²) in [6, 6.07) is 9.54. The van der Waals surface area contributed by atoms with Gasteiger partial charge in [-0.1, -0.05) is 19.9 Å². The Morgan fingerprint density at radius 1 is 1.19 bits per heavy atom. The molecule has 5 nitrogen and oxygen atoms in total. The summed E-state index contributed by atoms with van der Waals surface area (Å²) in [6.07, 6.45) is 2.85. The molecule has 0 spiro atoms. The first-order chi connectivity index (χ1) is 12.6. The van der Waals surface area contributed by atoms with Crippen LogP contribution in [0.2, 0.25) is 0 Å². The molecule has 0 bridgehead atoms. The number of nitrogens with one attached hydrogen (secondary N) is 1. The zero-order valence-electron chi connectivity index (χ0n) is 15.0. The van der Waals surface area contributed by atoms with E-state index in [-0.39, 0.29) is 17.3 Å². The van der Waals surface area contributed by atoms with Crippen LogP contribution in [0.4, 0.5) is 10.1 Å². The zero-order chi connectivity index (χ0) is 17.9. The van der Waals surface area contributed by atoms with E-state index in [0.717, 1.165) is 48.7 Å². The summed E-state index contributed by atoms with van der Waals surface area (Å²) in [5.41, 5.74) is 3.99. The van der Waals surface area contributed by atoms with Crippen LogP contribution >= 0.6 is 0 Å². The molecule has 4 heterocycles. The number of benzene rings is 1. The van der Waals surface area contributed by atoms with Crippen molar-refractivity contribution in [1.82, 2.24) is 19.9 Å². The lowest BCUT2D eigenvalue weighted by molar-refractivity contribution is 0.372. The smallest absolute Gasteiger partial charge is 0.160 e. The highest BCUT2D eigenvalue weighted by Crippen LogP contribution is 2.43. The Labute approximate surface area is 151 Å². The third-order valence-electron chi connectivity index (χ3n) is 5.88. The average molecular weight is 351 g/mol. The van der Waals surface area contributed by atoms with Gasteiger partial charge in [0.2, 0.25) is 0 Å². The maximum Gasteiger partial charge on any atom is 0.160 e. The van der Waals surface area contributed by atoms with Crippen molar-refractivity contribution in [3.63, 3.8) is 0 Å². The maximum atomic E-state index is 14.1. The topological polar surface area (TPSA) is 45.5 Å². The lowest BCUT2D eigenvalue weighted by atomic mass is 9.81. The molecule has 1 aromatic carbocycles. The van der Waals surface area contributed by atoms with E-state index in [1.54, 1.807) is 12.1 Å². The summed E-state index contributed by atoms with van der Waals surface area (Å²) in [5.74, 6) is 0.805. The molecule has 0 amide bonds. The Balaban J connectivity index is 1.63. The van der Waals surface area contributed by atoms with Crippen LogP contribution in [0.3, 0.4) is 0 Å². The Hall–Kier alpha value is -2.47. The number of hydrogen-bond acceptors (Lipinski definition) is 4. The monoisotopic (exact) mass is 351 g/mol. The van der Waals surface area contributed by atoms with Gasteiger partial charge in [-0.25, -0.2) is 4.39 Å². The number of aromatic nitrogens is 3. The van der Waals surface area contributed by atoms with Gasteiger partial charge in [0.25, 0.3) is 0 Å². The molecule has 2 aliphatic rings. The van der Waals surface area contributed by atoms with Crippen molar-refractivity contribution in [3.05, 3.63) is 59.3 Å². The first kappa shape index (κ1) is 15.8. The number of halogens is 1. The number of nitrogens with zero attached hydrogens (tertiary/aromatic N) is 4. The first-order valence-electron chi connectivity index (χ1n) is 9.14. The van der Waals surface area contributed by atoms with E-state index in [1.165, 1.54) is 5.69 Å². The standard InChI is InChI=1S/C20H22FN5/c1-20(2,19-24-23-17-5-3-4-7-26(17)19)16-11-13-9-15(21)10-14-12-22-6-8-25(16)18(13)14/h3-5,7,9-10,16,22H,6,8,11-12H2,1-2H3/t16-/m0/s1. The van der Waals surface area contributed by atoms with Crippen molar-refractivity contribution >= 4 is 11.3 Å². The molecule has 0 saturated carbocycles. The molecule has 6 heteroatoms. The van der Waals surface area contributed by atoms with E-state index in [1.807, 2.05) is 24.4 Å². The number of pyridine rings is 1. The van der Waals surface area contributed by atoms with Crippen molar-refractivity contribution in [2.24, 2.45) is 0 Å². The maximum absolute atomic E-state index is 14.1. The van der Waals surface area contributed by atoms with Crippen LogP contribution in [0, 0.1) is 5.82 Å². The second-order valence-corrected chi connectivity index (χ2v) is 7.84. The van der Waals surface area contributed by atoms with Crippen LogP contribution in [-0.2, 0) is 18.4 Å². The Morgan fingerprint density at radius 3 is 2.92 bits per heavy atom. The second kappa shape index (κ2) is 5.51. The first-order valence-corrected chi connectivity index (χ1v) is 9.14. The predicted molar refractivity (Wildman–Crippen MR) is 99.0 cm³/mol. The molecule has 0 radical (unpaired) electrons. The van der Waals surface area contributed by atoms with Gasteiger partial charge < -0.3 is 10.2 Å². The summed E-state index contributed by atoms with van der Waals surface area (Å²) in [5, 5.41) is 12.3. The molecular weight excluding hydrogens is 329 g/mol. The molecule has 134 valence electrons. The number of fused-ring (bicyclic) bond motifs is 1. The fourth-order valence-electron chi connectivity index (χ4n) is 4.62. The van der Waals surface area contributed by atoms with Crippen LogP contribution in [0.15, 0.2) is 36.5 Å². The molecule has 5 rings (SSSR count). The molecule has 3 aromatic rings. The predicted octanol–water partition coefficient (Wildman–Crippen LogP) is 2.68. The fraction of sp³-hybridized carbons (Fsp3) is 0.400. The highest BCUT2D eigenvalue weighted by molar-refractivity contribution is 5.66. The third-order valence-corrected chi connectivity index (χ3v) is 5.88. The van der Waals surface area contributed by atoms with E-state index < -0.39 is 0 Å². The van der Waals surface area contributed by atoms with Gasteiger partial charge in [-0.3, -0.25) is 4.40 Å². The Kier molecular flexibility index (Phi) is 3.34. The summed E-state index contributed by atoms with van der Waals surface area (Å²) in [6.45, 7) is 6.97. The summed E-state index contributed by atoms with van der Waals surface area (Å²) >= 11 is 0. The lowest BCUT2D eigenvalue weighted by Gasteiger charge is -2.38. The SMILES string of the molecule is CC(C)(c1nnc2ccccn12)[C@@H]1Cc2cc(F)cc3c2N1CCNC3. The van der Waals surface area contributed by atoms with Gasteiger partial charge in [0.05, 0.1) is 0 Å². The van der Waals surface area contributed by atoms with Gasteiger partial charge in [-0.05, 0) is 41.8 Å². The molecule has 0 unspecified atom stereocenters. The minimum absolute atomic E-state index is 0.145. The molecule has 26 heavy (non-hydrogen) atoms. The van der Waals surface area contributed by atoms with Crippen LogP contribution in [0.25, 0.3) is 5.65 Å². The Morgan fingerprint density at radius 2 is 2.04 bits per heavy atom. The molecule has 0 saturated heterocycles. The highest BCUT2D eigenvalue weighted by Gasteiger charge is 2.44. The average Bonchev–Trinajstić information content (AvgIpc) is 3.14. The van der Waals surface area contributed by atoms with Crippen molar-refractivity contribution in [2.75, 3.05) is 18.0 Å². The minimum atomic E-state index is -0.238. The van der Waals surface area contributed by atoms with Crippen molar-refractivity contribution < 1.29 is 4.39 Å². The molecule has 2 aromatic heterocycles. The summed E-state index contributed by atoms with van der Waals surface area (Å²) < 4.78 is 16.2. The molecule has 0 fully saturated rings. The summed E-state index contributed by atoms with van der Waals surface area (Å²) in [4.78, 5) is 2.45. The number of rotatable bonds is 2. The number of anilines is 1. The fourth-order valence-corrected chi connectivity index (χ4v) is 4.62. The molecule has 1 N–H and O–H groups in total. The van der Waals surface area contributed by atoms with Crippen LogP contribution in [0.5, 0.6) is 0 Å². The van der Waals surface area contributed by atoms with Crippen LogP contribution < -0.4 is 10.2 Å². The molecule has 2 aliphatic heterocycles. The van der Waals surface area contributed by atoms with Gasteiger partial charge in [-0.2, -0.15) is 0 Å². The van der Waals surface area contributed by atoms with E-state index in [2.05, 4.69) is 38.7 Å². The third kappa shape index (κ3) is 2.18. The van der Waals surface area contributed by atoms with E-state index in [9.17, 15) is 4.39 Å². The number of hydrogen-bond donors (Lipinski definition) is 1. The molecular formula is C20H22FN5. The van der Waals surface area contributed by atoms with Gasteiger partial charge in [0, 0.05) is 43.0 Å². The van der Waals surface area contributed by atoms with E-state index >= 15 is 0 Å². The Bertz CT molecular complexity index is 993. The zero-order valence-corrected chi connectivity index (χ0v) is 15.0. The van der Waals surface area contributed by atoms with Crippen LogP contribution in [0.1, 0.15) is 30.8 Å². The minimum Gasteiger partial charge on any atom is -0.365 e. The summed E-state index contributed by atoms with van der Waals surface area (Å²) in [7, 11) is 0. The van der Waals surface area contributed by atoms with Crippen molar-refractivity contribution in [1.29, 1.82) is 0 Å². The van der Waals surface area contributed by atoms with Gasteiger partial charge in [0.15, 0.2) is 5.65 Å². The van der Waals surface area contributed by atoms with E-state index in [0.29, 0.717) is 0 Å². The lowest BCUT2D eigenvalue weighted by Crippen LogP contribution is -2.48. The normalized spacial score (nSPS) is 19.7. The quantitative estimate of drug-likeness (QED) is 0.771. The molecule has 0 aliphatic carbocycles. The van der Waals surface area contributed by atoms with Gasteiger partial charge in [-0.15, -0.1) is 10.2 Å².